The zero-order valence-electron chi connectivity index (χ0n) is 16.6. The molecule has 1 heterocycles. The number of hydrogen-bond donors (Lipinski definition) is 2. The molecule has 1 aliphatic rings. The lowest BCUT2D eigenvalue weighted by Gasteiger charge is -2.30. The summed E-state index contributed by atoms with van der Waals surface area (Å²) in [6.07, 6.45) is 3.06. The van der Waals surface area contributed by atoms with E-state index in [-0.39, 0.29) is 12.1 Å². The minimum atomic E-state index is -0.607. The number of rotatable bonds is 9. The summed E-state index contributed by atoms with van der Waals surface area (Å²) in [7, 11) is 0. The van der Waals surface area contributed by atoms with Gasteiger partial charge < -0.3 is 20.1 Å². The van der Waals surface area contributed by atoms with E-state index in [1.54, 1.807) is 0 Å². The highest BCUT2D eigenvalue weighted by atomic mass is 16.5. The lowest BCUT2D eigenvalue weighted by atomic mass is 9.93. The predicted octanol–water partition coefficient (Wildman–Crippen LogP) is 4.23. The molecule has 1 unspecified atom stereocenters. The topological polar surface area (TPSA) is 76.7 Å². The Morgan fingerprint density at radius 1 is 1.19 bits per heavy atom. The summed E-state index contributed by atoms with van der Waals surface area (Å²) in [6, 6.07) is 6.56. The largest absolute Gasteiger partial charge is 0.493 e. The molecule has 0 aliphatic carbocycles. The molecule has 27 heavy (non-hydrogen) atoms. The van der Waals surface area contributed by atoms with Crippen LogP contribution in [-0.2, 0) is 9.53 Å². The van der Waals surface area contributed by atoms with Gasteiger partial charge in [-0.1, -0.05) is 38.5 Å². The fraction of sp³-hybridized carbons (Fsp3) is 0.524. The monoisotopic (exact) mass is 374 g/mol. The highest BCUT2D eigenvalue weighted by molar-refractivity contribution is 5.95. The molecular weight excluding hydrogens is 344 g/mol. The first-order valence-corrected chi connectivity index (χ1v) is 9.71. The summed E-state index contributed by atoms with van der Waals surface area (Å²) in [5.41, 5.74) is 1.83. The summed E-state index contributed by atoms with van der Waals surface area (Å²) in [5, 5.41) is 5.68. The van der Waals surface area contributed by atoms with E-state index in [9.17, 15) is 9.59 Å². The highest BCUT2D eigenvalue weighted by Gasteiger charge is 2.35. The first-order valence-electron chi connectivity index (χ1n) is 9.71. The number of urea groups is 1. The molecule has 6 nitrogen and oxygen atoms in total. The summed E-state index contributed by atoms with van der Waals surface area (Å²) in [4.78, 5) is 25.2. The van der Waals surface area contributed by atoms with Gasteiger partial charge in [-0.05, 0) is 39.2 Å². The zero-order chi connectivity index (χ0) is 19.8. The molecule has 0 aromatic heterocycles. The third kappa shape index (κ3) is 5.49. The predicted molar refractivity (Wildman–Crippen MR) is 104 cm³/mol. The molecule has 148 valence electrons. The number of amides is 2. The van der Waals surface area contributed by atoms with Crippen molar-refractivity contribution in [3.05, 3.63) is 41.1 Å². The Labute approximate surface area is 161 Å². The Morgan fingerprint density at radius 2 is 1.93 bits per heavy atom. The summed E-state index contributed by atoms with van der Waals surface area (Å²) in [6.45, 7) is 8.29. The van der Waals surface area contributed by atoms with Crippen molar-refractivity contribution in [1.29, 1.82) is 0 Å². The molecule has 1 aliphatic heterocycles. The molecule has 0 radical (unpaired) electrons. The Bertz CT molecular complexity index is 697. The second kappa shape index (κ2) is 10.00. The minimum absolute atomic E-state index is 0.248. The average molecular weight is 374 g/mol. The fourth-order valence-electron chi connectivity index (χ4n) is 2.98. The number of esters is 1. The van der Waals surface area contributed by atoms with Gasteiger partial charge in [0.1, 0.15) is 5.75 Å². The normalized spacial score (nSPS) is 16.8. The van der Waals surface area contributed by atoms with Gasteiger partial charge in [0.25, 0.3) is 0 Å². The van der Waals surface area contributed by atoms with Crippen molar-refractivity contribution in [2.45, 2.75) is 65.5 Å². The van der Waals surface area contributed by atoms with Gasteiger partial charge in [0.15, 0.2) is 0 Å². The quantitative estimate of drug-likeness (QED) is 0.634. The Balaban J connectivity index is 2.50. The van der Waals surface area contributed by atoms with Gasteiger partial charge in [-0.15, -0.1) is 0 Å². The van der Waals surface area contributed by atoms with Gasteiger partial charge in [0.2, 0.25) is 0 Å². The molecule has 1 aromatic rings. The highest BCUT2D eigenvalue weighted by Crippen LogP contribution is 2.35. The second-order valence-corrected chi connectivity index (χ2v) is 6.87. The fourth-order valence-corrected chi connectivity index (χ4v) is 2.98. The third-order valence-electron chi connectivity index (χ3n) is 4.19. The van der Waals surface area contributed by atoms with E-state index in [4.69, 9.17) is 9.47 Å². The Hall–Kier alpha value is -2.50. The second-order valence-electron chi connectivity index (χ2n) is 6.87. The van der Waals surface area contributed by atoms with Gasteiger partial charge >= 0.3 is 12.0 Å². The number of allylic oxidation sites excluding steroid dienone is 1. The molecule has 0 saturated carbocycles. The van der Waals surface area contributed by atoms with Crippen molar-refractivity contribution in [3.63, 3.8) is 0 Å². The van der Waals surface area contributed by atoms with Crippen molar-refractivity contribution in [3.8, 4) is 5.75 Å². The van der Waals surface area contributed by atoms with Crippen molar-refractivity contribution in [2.75, 3.05) is 6.61 Å². The van der Waals surface area contributed by atoms with Crippen LogP contribution in [0, 0.1) is 0 Å². The summed E-state index contributed by atoms with van der Waals surface area (Å²) < 4.78 is 11.3. The molecule has 6 heteroatoms. The molecule has 2 N–H and O–H groups in total. The first kappa shape index (κ1) is 20.8. The molecule has 0 fully saturated rings. The molecule has 0 bridgehead atoms. The number of para-hydroxylation sites is 1. The maximum absolute atomic E-state index is 12.9. The van der Waals surface area contributed by atoms with Crippen LogP contribution in [0.15, 0.2) is 35.5 Å². The number of nitrogens with one attached hydrogen (secondary N) is 2. The smallest absolute Gasteiger partial charge is 0.338 e. The molecule has 2 rings (SSSR count). The van der Waals surface area contributed by atoms with Crippen LogP contribution < -0.4 is 15.4 Å². The lowest BCUT2D eigenvalue weighted by Crippen LogP contribution is -2.46. The van der Waals surface area contributed by atoms with Gasteiger partial charge in [-0.3, -0.25) is 0 Å². The minimum Gasteiger partial charge on any atom is -0.493 e. The SMILES string of the molecule is CCCCC1=C(C(=O)OC(C)C)C(c2ccccc2OCCC)NC(=O)N1. The number of unbranched alkanes of at least 4 members (excludes halogenated alkanes) is 1. The molecule has 2 amide bonds. The number of hydrogen-bond acceptors (Lipinski definition) is 4. The molecule has 0 spiro atoms. The van der Waals surface area contributed by atoms with Crippen LogP contribution in [-0.4, -0.2) is 24.7 Å². The Morgan fingerprint density at radius 3 is 2.59 bits per heavy atom. The summed E-state index contributed by atoms with van der Waals surface area (Å²) >= 11 is 0. The molecule has 1 atom stereocenters. The van der Waals surface area contributed by atoms with E-state index in [0.29, 0.717) is 30.0 Å². The van der Waals surface area contributed by atoms with E-state index in [2.05, 4.69) is 17.6 Å². The van der Waals surface area contributed by atoms with Crippen LogP contribution in [0.25, 0.3) is 0 Å². The lowest BCUT2D eigenvalue weighted by molar-refractivity contribution is -0.143. The van der Waals surface area contributed by atoms with E-state index in [1.807, 2.05) is 45.0 Å². The van der Waals surface area contributed by atoms with E-state index in [0.717, 1.165) is 24.8 Å². The Kier molecular flexibility index (Phi) is 7.70. The maximum Gasteiger partial charge on any atom is 0.338 e. The summed E-state index contributed by atoms with van der Waals surface area (Å²) in [5.74, 6) is 0.245. The number of carbonyl (C=O) groups excluding carboxylic acids is 2. The van der Waals surface area contributed by atoms with Crippen LogP contribution in [0.2, 0.25) is 0 Å². The van der Waals surface area contributed by atoms with Gasteiger partial charge in [0.05, 0.1) is 24.3 Å². The van der Waals surface area contributed by atoms with E-state index in [1.165, 1.54) is 0 Å². The average Bonchev–Trinajstić information content (AvgIpc) is 2.63. The van der Waals surface area contributed by atoms with Crippen molar-refractivity contribution < 1.29 is 19.1 Å². The zero-order valence-corrected chi connectivity index (χ0v) is 16.6. The van der Waals surface area contributed by atoms with Crippen LogP contribution >= 0.6 is 0 Å². The molecule has 1 aromatic carbocycles. The van der Waals surface area contributed by atoms with Crippen molar-refractivity contribution in [1.82, 2.24) is 10.6 Å². The van der Waals surface area contributed by atoms with Crippen LogP contribution in [0.1, 0.15) is 65.0 Å². The van der Waals surface area contributed by atoms with Gasteiger partial charge in [0, 0.05) is 11.3 Å². The third-order valence-corrected chi connectivity index (χ3v) is 4.19. The number of carbonyl (C=O) groups is 2. The van der Waals surface area contributed by atoms with Crippen LogP contribution in [0.3, 0.4) is 0 Å². The van der Waals surface area contributed by atoms with E-state index < -0.39 is 12.0 Å². The van der Waals surface area contributed by atoms with Crippen LogP contribution in [0.5, 0.6) is 5.75 Å². The standard InChI is InChI=1S/C21H30N2O4/c1-5-7-11-16-18(20(24)27-14(3)4)19(23-21(25)22-16)15-10-8-9-12-17(15)26-13-6-2/h8-10,12,14,19H,5-7,11,13H2,1-4H3,(H2,22,23,25). The number of benzene rings is 1. The molecule has 0 saturated heterocycles. The first-order chi connectivity index (χ1) is 13.0. The van der Waals surface area contributed by atoms with Gasteiger partial charge in [-0.25, -0.2) is 9.59 Å². The van der Waals surface area contributed by atoms with Crippen molar-refractivity contribution >= 4 is 12.0 Å². The van der Waals surface area contributed by atoms with E-state index >= 15 is 0 Å². The number of ether oxygens (including phenoxy) is 2. The van der Waals surface area contributed by atoms with Crippen LogP contribution in [0.4, 0.5) is 4.79 Å². The maximum atomic E-state index is 12.9. The van der Waals surface area contributed by atoms with Gasteiger partial charge in [-0.2, -0.15) is 0 Å². The van der Waals surface area contributed by atoms with Crippen molar-refractivity contribution in [2.24, 2.45) is 0 Å². The molecular formula is C21H30N2O4.